The number of aryl methyl sites for hydroxylation is 1. The topological polar surface area (TPSA) is 38.7 Å². The Kier molecular flexibility index (Phi) is 2.14. The minimum Gasteiger partial charge on any atom is -0.365 e. The maximum atomic E-state index is 12.0. The maximum absolute atomic E-state index is 12.0. The molecular formula is C14H13NO2S. The molecule has 0 spiro atoms. The van der Waals surface area contributed by atoms with Crippen LogP contribution in [0.3, 0.4) is 0 Å². The predicted octanol–water partition coefficient (Wildman–Crippen LogP) is 2.02. The lowest BCUT2D eigenvalue weighted by Gasteiger charge is -2.18. The Morgan fingerprint density at radius 3 is 2.67 bits per heavy atom. The van der Waals surface area contributed by atoms with Gasteiger partial charge in [0.1, 0.15) is 0 Å². The molecule has 1 aromatic rings. The third-order valence-corrected chi connectivity index (χ3v) is 6.04. The largest absolute Gasteiger partial charge is 0.365 e. The predicted molar refractivity (Wildman–Crippen MR) is 69.3 cm³/mol. The van der Waals surface area contributed by atoms with Gasteiger partial charge in [0, 0.05) is 4.90 Å². The first-order valence-corrected chi connectivity index (χ1v) is 7.38. The van der Waals surface area contributed by atoms with Crippen LogP contribution in [0.4, 0.5) is 0 Å². The van der Waals surface area contributed by atoms with Crippen molar-refractivity contribution in [3.05, 3.63) is 42.0 Å². The van der Waals surface area contributed by atoms with Crippen molar-refractivity contribution in [3.8, 4) is 0 Å². The number of carbonyl (C=O) groups excluding carboxylic acids is 1. The number of amides is 1. The van der Waals surface area contributed by atoms with Crippen LogP contribution in [-0.2, 0) is 20.2 Å². The first-order valence-electron chi connectivity index (χ1n) is 6.13. The number of nitrogens with zero attached hydrogens (tertiary/aromatic N) is 1. The molecule has 1 saturated heterocycles. The number of benzene rings is 1. The van der Waals surface area contributed by atoms with E-state index in [-0.39, 0.29) is 40.0 Å². The van der Waals surface area contributed by atoms with E-state index in [9.17, 15) is 4.79 Å². The zero-order valence-corrected chi connectivity index (χ0v) is 10.8. The van der Waals surface area contributed by atoms with Crippen molar-refractivity contribution < 1.29 is 9.53 Å². The van der Waals surface area contributed by atoms with Crippen LogP contribution in [-0.4, -0.2) is 23.4 Å². The highest BCUT2D eigenvalue weighted by Crippen LogP contribution is 2.43. The molecule has 4 heteroatoms. The zero-order valence-electron chi connectivity index (χ0n) is 9.95. The van der Waals surface area contributed by atoms with Crippen molar-refractivity contribution >= 4 is 16.6 Å². The lowest BCUT2D eigenvalue weighted by Crippen LogP contribution is -2.32. The Hall–Kier alpha value is -1.26. The van der Waals surface area contributed by atoms with E-state index in [4.69, 9.17) is 4.74 Å². The van der Waals surface area contributed by atoms with Gasteiger partial charge >= 0.3 is 0 Å². The molecule has 3 nitrogen and oxygen atoms in total. The molecule has 5 atom stereocenters. The van der Waals surface area contributed by atoms with Gasteiger partial charge in [-0.25, -0.2) is 0 Å². The standard InChI is InChI=1S/C14H13NO2S/c1-8-2-4-9(5-3-8)18-13-11-7-6-10(17-11)12(13)14(16)15-18/h2-7,10-13H,1H3/t10-,11+,12-,13+,18?/m0/s1. The maximum Gasteiger partial charge on any atom is 0.259 e. The molecule has 92 valence electrons. The average molecular weight is 259 g/mol. The van der Waals surface area contributed by atoms with Crippen LogP contribution in [0.25, 0.3) is 0 Å². The second-order valence-electron chi connectivity index (χ2n) is 5.00. The average Bonchev–Trinajstić information content (AvgIpc) is 3.03. The van der Waals surface area contributed by atoms with Gasteiger partial charge in [0.25, 0.3) is 5.91 Å². The van der Waals surface area contributed by atoms with E-state index in [0.717, 1.165) is 4.90 Å². The van der Waals surface area contributed by atoms with Crippen LogP contribution in [0.15, 0.2) is 45.7 Å². The van der Waals surface area contributed by atoms with Crippen molar-refractivity contribution in [1.29, 1.82) is 0 Å². The van der Waals surface area contributed by atoms with Crippen molar-refractivity contribution in [1.82, 2.24) is 0 Å². The van der Waals surface area contributed by atoms with E-state index >= 15 is 0 Å². The van der Waals surface area contributed by atoms with Crippen LogP contribution in [0.1, 0.15) is 5.56 Å². The van der Waals surface area contributed by atoms with E-state index in [1.807, 2.05) is 6.08 Å². The summed E-state index contributed by atoms with van der Waals surface area (Å²) in [5.74, 6) is -0.00889. The van der Waals surface area contributed by atoms with Gasteiger partial charge in [0.2, 0.25) is 0 Å². The minimum absolute atomic E-state index is 0.0285. The second kappa shape index (κ2) is 3.62. The summed E-state index contributed by atoms with van der Waals surface area (Å²) >= 11 is 0. The Morgan fingerprint density at radius 2 is 1.89 bits per heavy atom. The smallest absolute Gasteiger partial charge is 0.259 e. The van der Waals surface area contributed by atoms with Gasteiger partial charge in [-0.1, -0.05) is 40.5 Å². The molecular weight excluding hydrogens is 246 g/mol. The number of hydrogen-bond donors (Lipinski definition) is 0. The summed E-state index contributed by atoms with van der Waals surface area (Å²) in [6.45, 7) is 2.07. The van der Waals surface area contributed by atoms with E-state index in [2.05, 4.69) is 41.6 Å². The van der Waals surface area contributed by atoms with Gasteiger partial charge in [0.05, 0.1) is 23.4 Å². The molecule has 3 aliphatic rings. The molecule has 1 fully saturated rings. The molecule has 0 N–H and O–H groups in total. The first-order chi connectivity index (χ1) is 8.74. The highest BCUT2D eigenvalue weighted by molar-refractivity contribution is 7.88. The fraction of sp³-hybridized carbons (Fsp3) is 0.357. The van der Waals surface area contributed by atoms with Gasteiger partial charge in [-0.2, -0.15) is 4.36 Å². The molecule has 18 heavy (non-hydrogen) atoms. The molecule has 3 heterocycles. The minimum atomic E-state index is -0.335. The van der Waals surface area contributed by atoms with Gasteiger partial charge in [-0.3, -0.25) is 4.79 Å². The monoisotopic (exact) mass is 259 g/mol. The third kappa shape index (κ3) is 1.33. The second-order valence-corrected chi connectivity index (χ2v) is 6.83. The summed E-state index contributed by atoms with van der Waals surface area (Å²) < 4.78 is 10.2. The van der Waals surface area contributed by atoms with Gasteiger partial charge < -0.3 is 4.74 Å². The summed E-state index contributed by atoms with van der Waals surface area (Å²) in [5.41, 5.74) is 1.23. The van der Waals surface area contributed by atoms with Crippen molar-refractivity contribution in [2.75, 3.05) is 0 Å². The van der Waals surface area contributed by atoms with Crippen LogP contribution in [0, 0.1) is 12.8 Å². The number of fused-ring (bicyclic) bond motifs is 5. The Labute approximate surface area is 108 Å². The highest BCUT2D eigenvalue weighted by Gasteiger charge is 2.54. The van der Waals surface area contributed by atoms with Crippen LogP contribution < -0.4 is 0 Å². The lowest BCUT2D eigenvalue weighted by molar-refractivity contribution is -0.121. The van der Waals surface area contributed by atoms with E-state index in [1.54, 1.807) is 0 Å². The fourth-order valence-corrected chi connectivity index (χ4v) is 5.16. The number of hydrogen-bond acceptors (Lipinski definition) is 2. The molecule has 0 aliphatic carbocycles. The lowest BCUT2D eigenvalue weighted by atomic mass is 9.93. The van der Waals surface area contributed by atoms with Crippen LogP contribution in [0.2, 0.25) is 0 Å². The molecule has 3 aliphatic heterocycles. The van der Waals surface area contributed by atoms with Crippen LogP contribution in [0.5, 0.6) is 0 Å². The molecule has 1 unspecified atom stereocenters. The SMILES string of the molecule is Cc1ccc(S2=NC(=O)[C@@H]3[C@H]2[C@H]2C=C[C@@H]3O2)cc1. The van der Waals surface area contributed by atoms with Gasteiger partial charge in [-0.05, 0) is 19.1 Å². The summed E-state index contributed by atoms with van der Waals surface area (Å²) in [5, 5.41) is 0.232. The van der Waals surface area contributed by atoms with Crippen molar-refractivity contribution in [2.24, 2.45) is 10.3 Å². The van der Waals surface area contributed by atoms with Gasteiger partial charge in [-0.15, -0.1) is 0 Å². The summed E-state index contributed by atoms with van der Waals surface area (Å²) in [6.07, 6.45) is 4.16. The molecule has 2 bridgehead atoms. The molecule has 1 aromatic carbocycles. The summed E-state index contributed by atoms with van der Waals surface area (Å²) in [7, 11) is -0.335. The number of carbonyl (C=O) groups is 1. The molecule has 0 aromatic heterocycles. The van der Waals surface area contributed by atoms with E-state index in [1.165, 1.54) is 5.56 Å². The zero-order chi connectivity index (χ0) is 12.3. The highest BCUT2D eigenvalue weighted by atomic mass is 32.2. The van der Waals surface area contributed by atoms with Crippen molar-refractivity contribution in [2.45, 2.75) is 29.3 Å². The molecule has 1 amide bonds. The Morgan fingerprint density at radius 1 is 1.17 bits per heavy atom. The quantitative estimate of drug-likeness (QED) is 0.724. The van der Waals surface area contributed by atoms with E-state index in [0.29, 0.717) is 0 Å². The fourth-order valence-electron chi connectivity index (χ4n) is 2.93. The third-order valence-electron chi connectivity index (χ3n) is 3.83. The first kappa shape index (κ1) is 10.6. The number of rotatable bonds is 1. The summed E-state index contributed by atoms with van der Waals surface area (Å²) in [6, 6.07) is 8.35. The Bertz CT molecular complexity index is 590. The molecule has 4 rings (SSSR count). The van der Waals surface area contributed by atoms with Gasteiger partial charge in [0.15, 0.2) is 0 Å². The van der Waals surface area contributed by atoms with Crippen LogP contribution >= 0.6 is 0 Å². The molecule has 0 saturated carbocycles. The molecule has 0 radical (unpaired) electrons. The normalized spacial score (nSPS) is 40.1. The summed E-state index contributed by atoms with van der Waals surface area (Å²) in [4.78, 5) is 13.2. The Balaban J connectivity index is 1.78. The number of ether oxygens (including phenoxy) is 1. The van der Waals surface area contributed by atoms with Crippen molar-refractivity contribution in [3.63, 3.8) is 0 Å². The van der Waals surface area contributed by atoms with E-state index < -0.39 is 0 Å².